The topological polar surface area (TPSA) is 70.4 Å². The average molecular weight is 413 g/mol. The van der Waals surface area contributed by atoms with E-state index < -0.39 is 5.97 Å². The second-order valence-electron chi connectivity index (χ2n) is 6.41. The molecule has 1 aromatic carbocycles. The number of benzene rings is 1. The molecule has 3 rings (SSSR count). The van der Waals surface area contributed by atoms with Crippen LogP contribution in [0.4, 0.5) is 0 Å². The summed E-state index contributed by atoms with van der Waals surface area (Å²) in [5.74, 6) is -0.191. The van der Waals surface area contributed by atoms with E-state index in [1.807, 2.05) is 49.6 Å². The number of ether oxygens (including phenoxy) is 2. The van der Waals surface area contributed by atoms with Gasteiger partial charge in [-0.15, -0.1) is 0 Å². The predicted molar refractivity (Wildman–Crippen MR) is 110 cm³/mol. The fraction of sp³-hybridized carbons (Fsp3) is 0.227. The van der Waals surface area contributed by atoms with Gasteiger partial charge in [-0.3, -0.25) is 4.79 Å². The fourth-order valence-corrected chi connectivity index (χ4v) is 3.26. The first-order valence-corrected chi connectivity index (χ1v) is 9.52. The summed E-state index contributed by atoms with van der Waals surface area (Å²) in [5.41, 5.74) is 3.16. The van der Waals surface area contributed by atoms with Gasteiger partial charge in [0, 0.05) is 33.9 Å². The van der Waals surface area contributed by atoms with Crippen LogP contribution in [0.3, 0.4) is 0 Å². The van der Waals surface area contributed by atoms with Crippen LogP contribution in [0.15, 0.2) is 48.7 Å². The first-order valence-electron chi connectivity index (χ1n) is 9.14. The molecule has 0 atom stereocenters. The maximum atomic E-state index is 12.6. The van der Waals surface area contributed by atoms with E-state index in [4.69, 9.17) is 21.1 Å². The van der Waals surface area contributed by atoms with Crippen LogP contribution in [0, 0.1) is 13.8 Å². The monoisotopic (exact) mass is 412 g/mol. The molecule has 0 radical (unpaired) electrons. The van der Waals surface area contributed by atoms with Gasteiger partial charge in [0.15, 0.2) is 6.61 Å². The molecule has 150 valence electrons. The van der Waals surface area contributed by atoms with Gasteiger partial charge in [0.1, 0.15) is 11.4 Å². The molecular weight excluding hydrogens is 392 g/mol. The predicted octanol–water partition coefficient (Wildman–Crippen LogP) is 4.58. The molecule has 0 saturated carbocycles. The molecule has 0 fully saturated rings. The van der Waals surface area contributed by atoms with Crippen LogP contribution in [0.25, 0.3) is 5.69 Å². The molecule has 0 N–H and O–H groups in total. The number of carbonyl (C=O) groups excluding carboxylic acids is 2. The Bertz CT molecular complexity index is 1040. The fourth-order valence-electron chi connectivity index (χ4n) is 3.10. The Balaban J connectivity index is 1.75. The van der Waals surface area contributed by atoms with Crippen molar-refractivity contribution in [1.82, 2.24) is 9.55 Å². The number of ketones is 1. The normalized spacial score (nSPS) is 10.6. The number of rotatable bonds is 7. The van der Waals surface area contributed by atoms with Crippen molar-refractivity contribution in [1.29, 1.82) is 0 Å². The Hall–Kier alpha value is -3.12. The van der Waals surface area contributed by atoms with Gasteiger partial charge in [-0.25, -0.2) is 9.78 Å². The summed E-state index contributed by atoms with van der Waals surface area (Å²) < 4.78 is 12.6. The van der Waals surface area contributed by atoms with Crippen LogP contribution in [0.5, 0.6) is 5.75 Å². The second-order valence-corrected chi connectivity index (χ2v) is 6.84. The molecule has 0 spiro atoms. The highest BCUT2D eigenvalue weighted by Gasteiger charge is 2.19. The van der Waals surface area contributed by atoms with Crippen LogP contribution >= 0.6 is 11.6 Å². The van der Waals surface area contributed by atoms with Crippen molar-refractivity contribution in [3.63, 3.8) is 0 Å². The standard InChI is InChI=1S/C22H21ClN2O4/c1-4-28-18-7-5-17(6-8-18)25-14(2)11-19(15(25)3)21(26)13-29-22(27)20-12-16(23)9-10-24-20/h5-12H,4,13H2,1-3H3. The van der Waals surface area contributed by atoms with E-state index in [9.17, 15) is 9.59 Å². The number of pyridine rings is 1. The minimum atomic E-state index is -0.693. The molecule has 6 nitrogen and oxygen atoms in total. The van der Waals surface area contributed by atoms with E-state index in [2.05, 4.69) is 4.98 Å². The lowest BCUT2D eigenvalue weighted by atomic mass is 10.1. The maximum Gasteiger partial charge on any atom is 0.357 e. The molecule has 0 amide bonds. The van der Waals surface area contributed by atoms with Crippen LogP contribution in [0.2, 0.25) is 5.02 Å². The van der Waals surface area contributed by atoms with Gasteiger partial charge in [-0.05, 0) is 63.2 Å². The van der Waals surface area contributed by atoms with Gasteiger partial charge in [0.25, 0.3) is 0 Å². The molecule has 0 aliphatic rings. The SMILES string of the molecule is CCOc1ccc(-n2c(C)cc(C(=O)COC(=O)c3cc(Cl)ccn3)c2C)cc1. The van der Waals surface area contributed by atoms with E-state index in [-0.39, 0.29) is 18.1 Å². The number of hydrogen-bond donors (Lipinski definition) is 0. The summed E-state index contributed by atoms with van der Waals surface area (Å²) in [5, 5.41) is 0.372. The van der Waals surface area contributed by atoms with E-state index in [1.165, 1.54) is 12.3 Å². The number of aromatic nitrogens is 2. The molecule has 0 aliphatic carbocycles. The van der Waals surface area contributed by atoms with Crippen molar-refractivity contribution >= 4 is 23.4 Å². The van der Waals surface area contributed by atoms with Crippen molar-refractivity contribution < 1.29 is 19.1 Å². The summed E-state index contributed by atoms with van der Waals surface area (Å²) in [6, 6.07) is 12.4. The van der Waals surface area contributed by atoms with E-state index in [0.29, 0.717) is 17.2 Å². The number of esters is 1. The summed E-state index contributed by atoms with van der Waals surface area (Å²) in [6.45, 7) is 5.93. The van der Waals surface area contributed by atoms with Crippen molar-refractivity contribution in [2.75, 3.05) is 13.2 Å². The maximum absolute atomic E-state index is 12.6. The average Bonchev–Trinajstić information content (AvgIpc) is 3.01. The molecule has 7 heteroatoms. The quantitative estimate of drug-likeness (QED) is 0.419. The van der Waals surface area contributed by atoms with Crippen molar-refractivity contribution in [2.24, 2.45) is 0 Å². The van der Waals surface area contributed by atoms with Gasteiger partial charge in [0.2, 0.25) is 5.78 Å². The first-order chi connectivity index (χ1) is 13.9. The third kappa shape index (κ3) is 4.66. The highest BCUT2D eigenvalue weighted by Crippen LogP contribution is 2.23. The Labute approximate surface area is 174 Å². The Kier molecular flexibility index (Phi) is 6.34. The Morgan fingerprint density at radius 1 is 1.10 bits per heavy atom. The summed E-state index contributed by atoms with van der Waals surface area (Å²) in [4.78, 5) is 28.6. The molecule has 2 aromatic heterocycles. The van der Waals surface area contributed by atoms with Crippen LogP contribution in [0.1, 0.15) is 39.2 Å². The zero-order chi connectivity index (χ0) is 21.0. The molecule has 3 aromatic rings. The minimum Gasteiger partial charge on any atom is -0.494 e. The lowest BCUT2D eigenvalue weighted by Crippen LogP contribution is -2.15. The van der Waals surface area contributed by atoms with Crippen molar-refractivity contribution in [3.05, 3.63) is 76.3 Å². The molecule has 0 aliphatic heterocycles. The molecule has 29 heavy (non-hydrogen) atoms. The number of carbonyl (C=O) groups is 2. The molecule has 0 bridgehead atoms. The summed E-state index contributed by atoms with van der Waals surface area (Å²) in [6.07, 6.45) is 1.41. The first kappa shape index (κ1) is 20.6. The third-order valence-electron chi connectivity index (χ3n) is 4.40. The van der Waals surface area contributed by atoms with Gasteiger partial charge >= 0.3 is 5.97 Å². The van der Waals surface area contributed by atoms with Crippen LogP contribution in [-0.4, -0.2) is 34.5 Å². The van der Waals surface area contributed by atoms with E-state index in [0.717, 1.165) is 22.8 Å². The molecule has 2 heterocycles. The molecule has 0 unspecified atom stereocenters. The second kappa shape index (κ2) is 8.92. The van der Waals surface area contributed by atoms with Crippen LogP contribution in [-0.2, 0) is 4.74 Å². The largest absolute Gasteiger partial charge is 0.494 e. The summed E-state index contributed by atoms with van der Waals surface area (Å²) >= 11 is 5.85. The van der Waals surface area contributed by atoms with Gasteiger partial charge in [-0.1, -0.05) is 11.6 Å². The van der Waals surface area contributed by atoms with Crippen LogP contribution < -0.4 is 4.74 Å². The van der Waals surface area contributed by atoms with Gasteiger partial charge in [0.05, 0.1) is 6.61 Å². The number of aryl methyl sites for hydroxylation is 1. The highest BCUT2D eigenvalue weighted by atomic mass is 35.5. The number of halogens is 1. The zero-order valence-electron chi connectivity index (χ0n) is 16.4. The number of nitrogens with zero attached hydrogens (tertiary/aromatic N) is 2. The molecule has 0 saturated heterocycles. The summed E-state index contributed by atoms with van der Waals surface area (Å²) in [7, 11) is 0. The van der Waals surface area contributed by atoms with Gasteiger partial charge < -0.3 is 14.0 Å². The van der Waals surface area contributed by atoms with E-state index in [1.54, 1.807) is 12.1 Å². The van der Waals surface area contributed by atoms with E-state index >= 15 is 0 Å². The number of Topliss-reactive ketones (excluding diaryl/α,β-unsaturated/α-hetero) is 1. The van der Waals surface area contributed by atoms with Crippen molar-refractivity contribution in [2.45, 2.75) is 20.8 Å². The minimum absolute atomic E-state index is 0.0603. The highest BCUT2D eigenvalue weighted by molar-refractivity contribution is 6.30. The Morgan fingerprint density at radius 3 is 2.48 bits per heavy atom. The van der Waals surface area contributed by atoms with Gasteiger partial charge in [-0.2, -0.15) is 0 Å². The third-order valence-corrected chi connectivity index (χ3v) is 4.64. The lowest BCUT2D eigenvalue weighted by Gasteiger charge is -2.11. The lowest BCUT2D eigenvalue weighted by molar-refractivity contribution is 0.0468. The smallest absolute Gasteiger partial charge is 0.357 e. The Morgan fingerprint density at radius 2 is 1.83 bits per heavy atom. The van der Waals surface area contributed by atoms with Crippen molar-refractivity contribution in [3.8, 4) is 11.4 Å². The zero-order valence-corrected chi connectivity index (χ0v) is 17.2. The number of hydrogen-bond acceptors (Lipinski definition) is 5. The molecular formula is C22H21ClN2O4.